The Morgan fingerprint density at radius 2 is 1.79 bits per heavy atom. The molecule has 0 N–H and O–H groups in total. The maximum absolute atomic E-state index is 10.8. The Morgan fingerprint density at radius 3 is 2.42 bits per heavy atom. The van der Waals surface area contributed by atoms with Crippen molar-refractivity contribution in [1.82, 2.24) is 0 Å². The molecule has 19 heavy (non-hydrogen) atoms. The van der Waals surface area contributed by atoms with Crippen LogP contribution in [0.1, 0.15) is 11.1 Å². The predicted molar refractivity (Wildman–Crippen MR) is 72.2 cm³/mol. The summed E-state index contributed by atoms with van der Waals surface area (Å²) in [6.07, 6.45) is 0. The van der Waals surface area contributed by atoms with E-state index in [-0.39, 0.29) is 5.69 Å². The molecule has 0 amide bonds. The summed E-state index contributed by atoms with van der Waals surface area (Å²) in [5.74, 6) is 0. The average Bonchev–Trinajstić information content (AvgIpc) is 2.46. The van der Waals surface area contributed by atoms with E-state index in [1.807, 2.05) is 30.3 Å². The zero-order valence-corrected chi connectivity index (χ0v) is 10.3. The lowest BCUT2D eigenvalue weighted by Gasteiger charge is -2.05. The van der Waals surface area contributed by atoms with Gasteiger partial charge < -0.3 is 4.84 Å². The Hall–Kier alpha value is -2.69. The third-order valence-electron chi connectivity index (χ3n) is 2.56. The molecule has 0 aliphatic heterocycles. The van der Waals surface area contributed by atoms with Crippen LogP contribution < -0.4 is 0 Å². The Bertz CT molecular complexity index is 609. The highest BCUT2D eigenvalue weighted by molar-refractivity contribution is 6.12. The molecule has 5 nitrogen and oxygen atoms in total. The number of hydrogen-bond donors (Lipinski definition) is 0. The smallest absolute Gasteiger partial charge is 0.270 e. The zero-order valence-electron chi connectivity index (χ0n) is 10.3. The van der Waals surface area contributed by atoms with Crippen LogP contribution in [0.3, 0.4) is 0 Å². The fraction of sp³-hybridized carbons (Fsp3) is 0.0714. The third-order valence-corrected chi connectivity index (χ3v) is 2.56. The number of non-ortho nitro benzene ring substituents is 1. The van der Waals surface area contributed by atoms with Crippen molar-refractivity contribution in [3.05, 3.63) is 75.8 Å². The van der Waals surface area contributed by atoms with Gasteiger partial charge in [0.25, 0.3) is 5.69 Å². The van der Waals surface area contributed by atoms with Crippen molar-refractivity contribution in [2.45, 2.75) is 0 Å². The summed E-state index contributed by atoms with van der Waals surface area (Å²) in [6, 6.07) is 15.7. The maximum Gasteiger partial charge on any atom is 0.270 e. The molecule has 0 aliphatic rings. The molecule has 96 valence electrons. The molecule has 0 fully saturated rings. The van der Waals surface area contributed by atoms with Crippen molar-refractivity contribution >= 4 is 11.4 Å². The highest BCUT2D eigenvalue weighted by atomic mass is 16.6. The topological polar surface area (TPSA) is 64.7 Å². The number of rotatable bonds is 4. The normalized spacial score (nSPS) is 11.1. The van der Waals surface area contributed by atoms with E-state index in [1.165, 1.54) is 19.2 Å². The Morgan fingerprint density at radius 1 is 1.11 bits per heavy atom. The fourth-order valence-corrected chi connectivity index (χ4v) is 1.73. The first kappa shape index (κ1) is 12.8. The average molecular weight is 256 g/mol. The number of nitro groups is 1. The number of nitro benzene ring substituents is 1. The monoisotopic (exact) mass is 256 g/mol. The van der Waals surface area contributed by atoms with Crippen LogP contribution >= 0.6 is 0 Å². The lowest BCUT2D eigenvalue weighted by Crippen LogP contribution is -2.04. The van der Waals surface area contributed by atoms with Crippen molar-refractivity contribution in [3.63, 3.8) is 0 Å². The minimum Gasteiger partial charge on any atom is -0.399 e. The van der Waals surface area contributed by atoms with Gasteiger partial charge in [-0.05, 0) is 0 Å². The number of hydrogen-bond acceptors (Lipinski definition) is 4. The van der Waals surface area contributed by atoms with Crippen LogP contribution in [0.15, 0.2) is 59.8 Å². The van der Waals surface area contributed by atoms with Gasteiger partial charge in [0, 0.05) is 23.3 Å². The van der Waals surface area contributed by atoms with Crippen molar-refractivity contribution in [3.8, 4) is 0 Å². The van der Waals surface area contributed by atoms with Crippen molar-refractivity contribution in [1.29, 1.82) is 0 Å². The highest BCUT2D eigenvalue weighted by Gasteiger charge is 2.12. The van der Waals surface area contributed by atoms with Crippen LogP contribution in [0.2, 0.25) is 0 Å². The Balaban J connectivity index is 2.49. The molecule has 0 spiro atoms. The number of nitrogens with zero attached hydrogens (tertiary/aromatic N) is 2. The van der Waals surface area contributed by atoms with E-state index >= 15 is 0 Å². The van der Waals surface area contributed by atoms with E-state index in [1.54, 1.807) is 12.1 Å². The first-order valence-electron chi connectivity index (χ1n) is 5.64. The highest BCUT2D eigenvalue weighted by Crippen LogP contribution is 2.17. The van der Waals surface area contributed by atoms with Gasteiger partial charge in [-0.25, -0.2) is 0 Å². The van der Waals surface area contributed by atoms with Gasteiger partial charge in [-0.2, -0.15) is 0 Å². The van der Waals surface area contributed by atoms with Gasteiger partial charge in [0.2, 0.25) is 0 Å². The van der Waals surface area contributed by atoms with E-state index < -0.39 is 4.92 Å². The first-order chi connectivity index (χ1) is 9.22. The van der Waals surface area contributed by atoms with Crippen LogP contribution in [0.25, 0.3) is 0 Å². The van der Waals surface area contributed by atoms with Gasteiger partial charge in [-0.1, -0.05) is 47.6 Å². The maximum atomic E-state index is 10.8. The molecular weight excluding hydrogens is 244 g/mol. The molecule has 0 saturated carbocycles. The second-order valence-electron chi connectivity index (χ2n) is 3.80. The minimum absolute atomic E-state index is 0.0252. The molecule has 0 aliphatic carbocycles. The molecule has 0 heterocycles. The summed E-state index contributed by atoms with van der Waals surface area (Å²) >= 11 is 0. The van der Waals surface area contributed by atoms with Gasteiger partial charge in [-0.15, -0.1) is 0 Å². The van der Waals surface area contributed by atoms with Crippen LogP contribution in [-0.2, 0) is 4.84 Å². The fourth-order valence-electron chi connectivity index (χ4n) is 1.73. The summed E-state index contributed by atoms with van der Waals surface area (Å²) in [4.78, 5) is 15.2. The van der Waals surface area contributed by atoms with Crippen LogP contribution in [0, 0.1) is 10.1 Å². The lowest BCUT2D eigenvalue weighted by atomic mass is 10.0. The number of oxime groups is 1. The third kappa shape index (κ3) is 2.95. The summed E-state index contributed by atoms with van der Waals surface area (Å²) in [7, 11) is 1.44. The van der Waals surface area contributed by atoms with E-state index in [2.05, 4.69) is 5.16 Å². The van der Waals surface area contributed by atoms with Crippen molar-refractivity contribution in [2.75, 3.05) is 7.11 Å². The largest absolute Gasteiger partial charge is 0.399 e. The second-order valence-corrected chi connectivity index (χ2v) is 3.80. The van der Waals surface area contributed by atoms with Crippen LogP contribution in [-0.4, -0.2) is 17.7 Å². The van der Waals surface area contributed by atoms with Gasteiger partial charge in [-0.3, -0.25) is 10.1 Å². The van der Waals surface area contributed by atoms with Gasteiger partial charge in [0.05, 0.1) is 4.92 Å². The van der Waals surface area contributed by atoms with Gasteiger partial charge >= 0.3 is 0 Å². The lowest BCUT2D eigenvalue weighted by molar-refractivity contribution is -0.384. The number of benzene rings is 2. The van der Waals surface area contributed by atoms with Gasteiger partial charge in [0.1, 0.15) is 12.8 Å². The zero-order chi connectivity index (χ0) is 13.7. The summed E-state index contributed by atoms with van der Waals surface area (Å²) in [6.45, 7) is 0. The van der Waals surface area contributed by atoms with E-state index in [4.69, 9.17) is 4.84 Å². The predicted octanol–water partition coefficient (Wildman–Crippen LogP) is 2.99. The molecule has 0 aromatic heterocycles. The SMILES string of the molecule is CO/N=C(/c1ccccc1)c1cccc([N+](=O)[O-])c1. The second kappa shape index (κ2) is 5.77. The molecule has 2 rings (SSSR count). The first-order valence-corrected chi connectivity index (χ1v) is 5.64. The van der Waals surface area contributed by atoms with E-state index in [9.17, 15) is 10.1 Å². The summed E-state index contributed by atoms with van der Waals surface area (Å²) in [5, 5.41) is 14.8. The molecule has 0 radical (unpaired) electrons. The summed E-state index contributed by atoms with van der Waals surface area (Å²) < 4.78 is 0. The molecule has 5 heteroatoms. The Kier molecular flexibility index (Phi) is 3.87. The van der Waals surface area contributed by atoms with Crippen LogP contribution in [0.4, 0.5) is 5.69 Å². The summed E-state index contributed by atoms with van der Waals surface area (Å²) in [5.41, 5.74) is 2.07. The molecule has 2 aromatic carbocycles. The van der Waals surface area contributed by atoms with E-state index in [0.717, 1.165) is 5.56 Å². The molecule has 2 aromatic rings. The molecular formula is C14H12N2O3. The molecule has 0 bridgehead atoms. The quantitative estimate of drug-likeness (QED) is 0.480. The molecule has 0 unspecified atom stereocenters. The van der Waals surface area contributed by atoms with E-state index in [0.29, 0.717) is 11.3 Å². The van der Waals surface area contributed by atoms with Gasteiger partial charge in [0.15, 0.2) is 0 Å². The van der Waals surface area contributed by atoms with Crippen LogP contribution in [0.5, 0.6) is 0 Å². The Labute approximate surface area is 110 Å². The minimum atomic E-state index is -0.432. The molecule has 0 atom stereocenters. The van der Waals surface area contributed by atoms with Crippen molar-refractivity contribution < 1.29 is 9.76 Å². The standard InChI is InChI=1S/C14H12N2O3/c1-19-15-14(11-6-3-2-4-7-11)12-8-5-9-13(10-12)16(17)18/h2-10H,1H3/b15-14-. The van der Waals surface area contributed by atoms with Crippen molar-refractivity contribution in [2.24, 2.45) is 5.16 Å². The molecule has 0 saturated heterocycles.